The number of carbonyl (C=O) groups is 1. The normalized spacial score (nSPS) is 27.1. The molecule has 2 aliphatic rings. The molecule has 4 nitrogen and oxygen atoms in total. The molecule has 1 aliphatic carbocycles. The van der Waals surface area contributed by atoms with Crippen molar-refractivity contribution in [3.05, 3.63) is 0 Å². The molecular formula is C23H35F7O4. The molecule has 0 unspecified atom stereocenters. The Morgan fingerprint density at radius 3 is 1.97 bits per heavy atom. The molecule has 1 saturated carbocycles. The Morgan fingerprint density at radius 1 is 0.853 bits per heavy atom. The molecule has 0 aromatic carbocycles. The summed E-state index contributed by atoms with van der Waals surface area (Å²) in [5.74, 6) is -14.5. The molecular weight excluding hydrogens is 473 g/mol. The van der Waals surface area contributed by atoms with Crippen molar-refractivity contribution in [3.8, 4) is 0 Å². The van der Waals surface area contributed by atoms with Gasteiger partial charge < -0.3 is 14.2 Å². The molecule has 0 radical (unpaired) electrons. The van der Waals surface area contributed by atoms with Gasteiger partial charge in [-0.1, -0.05) is 45.4 Å². The highest BCUT2D eigenvalue weighted by molar-refractivity contribution is 5.88. The molecule has 0 aromatic heterocycles. The average molecular weight is 509 g/mol. The van der Waals surface area contributed by atoms with Gasteiger partial charge in [0, 0.05) is 11.8 Å². The second kappa shape index (κ2) is 12.9. The molecule has 2 fully saturated rings. The molecule has 0 atom stereocenters. The molecule has 1 aliphatic heterocycles. The van der Waals surface area contributed by atoms with Crippen LogP contribution in [0.15, 0.2) is 0 Å². The van der Waals surface area contributed by atoms with Gasteiger partial charge in [-0.05, 0) is 32.1 Å². The Bertz CT molecular complexity index is 611. The summed E-state index contributed by atoms with van der Waals surface area (Å²) >= 11 is 0. The van der Waals surface area contributed by atoms with Crippen molar-refractivity contribution >= 4 is 5.78 Å². The third kappa shape index (κ3) is 7.78. The number of rotatable bonds is 13. The smallest absolute Gasteiger partial charge is 0.370 e. The van der Waals surface area contributed by atoms with Crippen LogP contribution in [-0.2, 0) is 19.0 Å². The van der Waals surface area contributed by atoms with Crippen molar-refractivity contribution in [1.82, 2.24) is 0 Å². The molecule has 0 aromatic rings. The molecule has 200 valence electrons. The Kier molecular flexibility index (Phi) is 11.1. The summed E-state index contributed by atoms with van der Waals surface area (Å²) in [7, 11) is 0. The number of hydrogen-bond acceptors (Lipinski definition) is 4. The SMILES string of the molecule is CCCCCCCCC1COC(C2CCC(OCC(=O)C(F)(F)C(F)(F)C(F)(F)F)CC2)OC1. The van der Waals surface area contributed by atoms with Crippen LogP contribution in [0.5, 0.6) is 0 Å². The second-order valence-electron chi connectivity index (χ2n) is 9.38. The first-order chi connectivity index (χ1) is 15.9. The number of unbranched alkanes of at least 4 members (excludes halogenated alkanes) is 5. The fourth-order valence-electron chi connectivity index (χ4n) is 4.37. The van der Waals surface area contributed by atoms with Crippen molar-refractivity contribution in [2.24, 2.45) is 11.8 Å². The van der Waals surface area contributed by atoms with Crippen LogP contribution in [0.1, 0.15) is 77.6 Å². The highest BCUT2D eigenvalue weighted by Crippen LogP contribution is 2.47. The van der Waals surface area contributed by atoms with Crippen molar-refractivity contribution in [2.45, 2.75) is 108 Å². The van der Waals surface area contributed by atoms with Gasteiger partial charge in [-0.2, -0.15) is 30.7 Å². The minimum absolute atomic E-state index is 0.0431. The minimum Gasteiger partial charge on any atom is -0.370 e. The van der Waals surface area contributed by atoms with Crippen molar-refractivity contribution in [1.29, 1.82) is 0 Å². The third-order valence-corrected chi connectivity index (χ3v) is 6.61. The Labute approximate surface area is 195 Å². The maximum Gasteiger partial charge on any atom is 0.460 e. The van der Waals surface area contributed by atoms with Crippen LogP contribution in [0.4, 0.5) is 30.7 Å². The van der Waals surface area contributed by atoms with E-state index in [1.54, 1.807) is 0 Å². The van der Waals surface area contributed by atoms with E-state index in [0.717, 1.165) is 12.8 Å². The molecule has 1 heterocycles. The molecule has 34 heavy (non-hydrogen) atoms. The van der Waals surface area contributed by atoms with Crippen LogP contribution in [0, 0.1) is 11.8 Å². The summed E-state index contributed by atoms with van der Waals surface area (Å²) < 4.78 is 106. The molecule has 0 spiro atoms. The van der Waals surface area contributed by atoms with Crippen LogP contribution in [0.25, 0.3) is 0 Å². The largest absolute Gasteiger partial charge is 0.460 e. The number of halogens is 7. The van der Waals surface area contributed by atoms with Crippen LogP contribution in [0.2, 0.25) is 0 Å². The highest BCUT2D eigenvalue weighted by atomic mass is 19.4. The zero-order valence-corrected chi connectivity index (χ0v) is 19.5. The van der Waals surface area contributed by atoms with Gasteiger partial charge in [0.05, 0.1) is 19.3 Å². The van der Waals surface area contributed by atoms with E-state index in [9.17, 15) is 35.5 Å². The van der Waals surface area contributed by atoms with Gasteiger partial charge in [-0.25, -0.2) is 0 Å². The zero-order chi connectivity index (χ0) is 25.4. The number of ketones is 1. The lowest BCUT2D eigenvalue weighted by molar-refractivity contribution is -0.344. The van der Waals surface area contributed by atoms with E-state index in [2.05, 4.69) is 6.92 Å². The summed E-state index contributed by atoms with van der Waals surface area (Å²) in [6.45, 7) is 1.88. The summed E-state index contributed by atoms with van der Waals surface area (Å²) in [6.07, 6.45) is 2.52. The number of carbonyl (C=O) groups excluding carboxylic acids is 1. The van der Waals surface area contributed by atoms with Gasteiger partial charge in [-0.15, -0.1) is 0 Å². The monoisotopic (exact) mass is 508 g/mol. The van der Waals surface area contributed by atoms with E-state index in [4.69, 9.17) is 14.2 Å². The summed E-state index contributed by atoms with van der Waals surface area (Å²) in [4.78, 5) is 11.4. The molecule has 0 bridgehead atoms. The minimum atomic E-state index is -6.54. The Morgan fingerprint density at radius 2 is 1.41 bits per heavy atom. The summed E-state index contributed by atoms with van der Waals surface area (Å²) in [5.41, 5.74) is 0. The number of Topliss-reactive ketones (excluding diaryl/α,β-unsaturated/α-hetero) is 1. The van der Waals surface area contributed by atoms with Crippen molar-refractivity contribution in [2.75, 3.05) is 19.8 Å². The van der Waals surface area contributed by atoms with Crippen LogP contribution in [-0.4, -0.2) is 56.0 Å². The first-order valence-corrected chi connectivity index (χ1v) is 12.1. The van der Waals surface area contributed by atoms with Crippen LogP contribution >= 0.6 is 0 Å². The molecule has 11 heteroatoms. The standard InChI is InChI=1S/C23H35F7O4/c1-2-3-4-5-6-7-8-16-13-33-20(34-14-16)17-9-11-18(12-10-17)32-15-19(31)21(24,25)22(26,27)23(28,29)30/h16-18,20H,2-15H2,1H3. The second-order valence-corrected chi connectivity index (χ2v) is 9.38. The zero-order valence-electron chi connectivity index (χ0n) is 19.5. The maximum atomic E-state index is 13.4. The quantitative estimate of drug-likeness (QED) is 0.205. The van der Waals surface area contributed by atoms with E-state index >= 15 is 0 Å². The van der Waals surface area contributed by atoms with Gasteiger partial charge >= 0.3 is 18.0 Å². The third-order valence-electron chi connectivity index (χ3n) is 6.61. The Hall–Kier alpha value is -0.940. The van der Waals surface area contributed by atoms with E-state index < -0.39 is 42.8 Å². The lowest BCUT2D eigenvalue weighted by atomic mass is 9.86. The van der Waals surface area contributed by atoms with Crippen LogP contribution in [0.3, 0.4) is 0 Å². The lowest BCUT2D eigenvalue weighted by Crippen LogP contribution is -2.57. The topological polar surface area (TPSA) is 44.8 Å². The molecule has 1 saturated heterocycles. The molecule has 2 rings (SSSR count). The molecule has 0 amide bonds. The van der Waals surface area contributed by atoms with Gasteiger partial charge in [0.1, 0.15) is 6.61 Å². The van der Waals surface area contributed by atoms with Gasteiger partial charge in [0.15, 0.2) is 6.29 Å². The van der Waals surface area contributed by atoms with E-state index in [1.165, 1.54) is 32.1 Å². The summed E-state index contributed by atoms with van der Waals surface area (Å²) in [6, 6.07) is 0. The van der Waals surface area contributed by atoms with E-state index in [-0.39, 0.29) is 5.92 Å². The fraction of sp³-hybridized carbons (Fsp3) is 0.957. The average Bonchev–Trinajstić information content (AvgIpc) is 2.79. The van der Waals surface area contributed by atoms with Crippen molar-refractivity contribution in [3.63, 3.8) is 0 Å². The summed E-state index contributed by atoms with van der Waals surface area (Å²) in [5, 5.41) is 0. The lowest BCUT2D eigenvalue weighted by Gasteiger charge is -2.37. The predicted molar refractivity (Wildman–Crippen MR) is 110 cm³/mol. The van der Waals surface area contributed by atoms with E-state index in [1.807, 2.05) is 0 Å². The predicted octanol–water partition coefficient (Wildman–Crippen LogP) is 6.70. The van der Waals surface area contributed by atoms with Crippen molar-refractivity contribution < 1.29 is 49.7 Å². The van der Waals surface area contributed by atoms with Gasteiger partial charge in [0.25, 0.3) is 0 Å². The Balaban J connectivity index is 1.65. The molecule has 0 N–H and O–H groups in total. The number of ether oxygens (including phenoxy) is 3. The van der Waals surface area contributed by atoms with Gasteiger partial charge in [-0.3, -0.25) is 4.79 Å². The maximum absolute atomic E-state index is 13.4. The van der Waals surface area contributed by atoms with Gasteiger partial charge in [0.2, 0.25) is 5.78 Å². The highest BCUT2D eigenvalue weighted by Gasteiger charge is 2.75. The number of alkyl halides is 7. The fourth-order valence-corrected chi connectivity index (χ4v) is 4.37. The first-order valence-electron chi connectivity index (χ1n) is 12.1. The number of hydrogen-bond donors (Lipinski definition) is 0. The van der Waals surface area contributed by atoms with E-state index in [0.29, 0.717) is 44.8 Å². The van der Waals surface area contributed by atoms with Crippen LogP contribution < -0.4 is 0 Å². The first kappa shape index (κ1) is 29.3.